The number of nitrogens with one attached hydrogen (secondary N) is 1. The van der Waals surface area contributed by atoms with Crippen molar-refractivity contribution >= 4 is 23.6 Å². The van der Waals surface area contributed by atoms with Crippen molar-refractivity contribution in [2.75, 3.05) is 5.75 Å². The van der Waals surface area contributed by atoms with E-state index in [0.717, 1.165) is 39.8 Å². The lowest BCUT2D eigenvalue weighted by Gasteiger charge is -2.36. The van der Waals surface area contributed by atoms with Crippen molar-refractivity contribution in [3.05, 3.63) is 95.1 Å². The number of carboxylic acids is 1. The molecular weight excluding hydrogens is 606 g/mol. The second kappa shape index (κ2) is 16.5. The molecule has 5 rings (SSSR count). The number of hydrogen-bond acceptors (Lipinski definition) is 9. The number of carboxylic acid groups (broad SMARTS) is 1. The van der Waals surface area contributed by atoms with Crippen LogP contribution in [0.1, 0.15) is 73.2 Å². The molecule has 0 radical (unpaired) electrons. The first-order valence-corrected chi connectivity index (χ1v) is 16.4. The average Bonchev–Trinajstić information content (AvgIpc) is 3.50. The number of aliphatic carboxylic acids is 1. The number of rotatable bonds is 15. The van der Waals surface area contributed by atoms with E-state index >= 15 is 0 Å². The molecule has 1 aliphatic rings. The van der Waals surface area contributed by atoms with Crippen LogP contribution in [0, 0.1) is 0 Å². The minimum Gasteiger partial charge on any atom is -0.481 e. The van der Waals surface area contributed by atoms with Crippen LogP contribution in [0.2, 0.25) is 0 Å². The number of hydrogen-bond donors (Lipinski definition) is 3. The van der Waals surface area contributed by atoms with Crippen LogP contribution in [-0.4, -0.2) is 54.2 Å². The van der Waals surface area contributed by atoms with Crippen LogP contribution >= 0.6 is 11.8 Å². The molecule has 1 saturated heterocycles. The van der Waals surface area contributed by atoms with Gasteiger partial charge < -0.3 is 25.0 Å². The van der Waals surface area contributed by atoms with Crippen molar-refractivity contribution < 1.29 is 29.3 Å². The highest BCUT2D eigenvalue weighted by Gasteiger charge is 2.32. The van der Waals surface area contributed by atoms with Crippen LogP contribution in [0.4, 0.5) is 0 Å². The Kier molecular flexibility index (Phi) is 11.9. The third kappa shape index (κ3) is 9.46. The molecule has 12 heteroatoms. The summed E-state index contributed by atoms with van der Waals surface area (Å²) in [5.74, 6) is -0.202. The fourth-order valence-electron chi connectivity index (χ4n) is 5.29. The third-order valence-electron chi connectivity index (χ3n) is 7.80. The van der Waals surface area contributed by atoms with Crippen molar-refractivity contribution in [2.45, 2.75) is 75.3 Å². The van der Waals surface area contributed by atoms with Crippen molar-refractivity contribution in [3.8, 4) is 11.1 Å². The Hall–Kier alpha value is -4.10. The molecule has 3 unspecified atom stereocenters. The summed E-state index contributed by atoms with van der Waals surface area (Å²) in [6.45, 7) is 0.395. The van der Waals surface area contributed by atoms with E-state index in [1.54, 1.807) is 4.68 Å². The highest BCUT2D eigenvalue weighted by Crippen LogP contribution is 2.40. The standard InChI is InChI=1S/C34H39N5O6S/c1-39-34(36-37-38-39)46-22-29-19-30(25-15-13-23(21-40)14-16-25)45-33(44-29)28-10-6-9-27(18-28)26-8-5-7-24(17-26)20-35-31(41)11-3-2-4-12-32(42)43/h5-10,13-18,29-30,33,40H,2-4,11-12,19-22H2,1H3,(H,35,41)(H,42,43). The Morgan fingerprint density at radius 2 is 1.70 bits per heavy atom. The first-order valence-electron chi connectivity index (χ1n) is 15.4. The second-order valence-corrected chi connectivity index (χ2v) is 12.3. The predicted octanol–water partition coefficient (Wildman–Crippen LogP) is 5.36. The van der Waals surface area contributed by atoms with E-state index in [2.05, 4.69) is 33.0 Å². The predicted molar refractivity (Wildman–Crippen MR) is 172 cm³/mol. The van der Waals surface area contributed by atoms with Crippen LogP contribution in [0.25, 0.3) is 11.1 Å². The molecule has 3 atom stereocenters. The molecule has 0 saturated carbocycles. The van der Waals surface area contributed by atoms with Gasteiger partial charge in [-0.15, -0.1) is 5.10 Å². The summed E-state index contributed by atoms with van der Waals surface area (Å²) in [6, 6.07) is 24.0. The molecule has 0 spiro atoms. The Morgan fingerprint density at radius 1 is 0.935 bits per heavy atom. The van der Waals surface area contributed by atoms with Gasteiger partial charge in [-0.25, -0.2) is 4.68 Å². The summed E-state index contributed by atoms with van der Waals surface area (Å²) in [6.07, 6.45) is 2.20. The SMILES string of the molecule is Cn1nnnc1SCC1CC(c2ccc(CO)cc2)OC(c2cccc(-c3cccc(CNC(=O)CCCCCC(=O)O)c3)c2)O1. The number of thioether (sulfide) groups is 1. The highest BCUT2D eigenvalue weighted by molar-refractivity contribution is 7.99. The van der Waals surface area contributed by atoms with Crippen LogP contribution in [-0.2, 0) is 39.3 Å². The zero-order chi connectivity index (χ0) is 32.3. The van der Waals surface area contributed by atoms with Gasteiger partial charge in [0.1, 0.15) is 0 Å². The van der Waals surface area contributed by atoms with Crippen molar-refractivity contribution in [1.82, 2.24) is 25.5 Å². The van der Waals surface area contributed by atoms with E-state index in [4.69, 9.17) is 14.6 Å². The fourth-order valence-corrected chi connectivity index (χ4v) is 6.15. The van der Waals surface area contributed by atoms with Gasteiger partial charge >= 0.3 is 5.97 Å². The summed E-state index contributed by atoms with van der Waals surface area (Å²) in [5, 5.41) is 33.7. The van der Waals surface area contributed by atoms with Gasteiger partial charge in [0.05, 0.1) is 18.8 Å². The molecule has 1 amide bonds. The normalized spacial score (nSPS) is 17.9. The molecule has 3 aromatic carbocycles. The largest absolute Gasteiger partial charge is 0.481 e. The molecule has 46 heavy (non-hydrogen) atoms. The maximum absolute atomic E-state index is 12.3. The molecule has 0 aliphatic carbocycles. The number of aliphatic hydroxyl groups excluding tert-OH is 1. The minimum absolute atomic E-state index is 0.0148. The number of ether oxygens (including phenoxy) is 2. The number of amides is 1. The van der Waals surface area contributed by atoms with Gasteiger partial charge in [0, 0.05) is 44.2 Å². The highest BCUT2D eigenvalue weighted by atomic mass is 32.2. The quantitative estimate of drug-likeness (QED) is 0.114. The van der Waals surface area contributed by atoms with Crippen LogP contribution in [0.5, 0.6) is 0 Å². The lowest BCUT2D eigenvalue weighted by Crippen LogP contribution is -2.31. The molecular formula is C34H39N5O6S. The molecule has 4 aromatic rings. The molecule has 242 valence electrons. The monoisotopic (exact) mass is 645 g/mol. The van der Waals surface area contributed by atoms with Gasteiger partial charge in [-0.05, 0) is 63.2 Å². The number of nitrogens with zero attached hydrogens (tertiary/aromatic N) is 4. The molecule has 2 heterocycles. The maximum atomic E-state index is 12.3. The van der Waals surface area contributed by atoms with E-state index in [-0.39, 0.29) is 31.1 Å². The fraction of sp³-hybridized carbons (Fsp3) is 0.382. The number of carbonyl (C=O) groups excluding carboxylic acids is 1. The van der Waals surface area contributed by atoms with Gasteiger partial charge in [0.15, 0.2) is 6.29 Å². The van der Waals surface area contributed by atoms with Crippen LogP contribution in [0.3, 0.4) is 0 Å². The van der Waals surface area contributed by atoms with Crippen molar-refractivity contribution in [1.29, 1.82) is 0 Å². The van der Waals surface area contributed by atoms with Gasteiger partial charge in [0.2, 0.25) is 11.1 Å². The lowest BCUT2D eigenvalue weighted by molar-refractivity contribution is -0.245. The van der Waals surface area contributed by atoms with Gasteiger partial charge in [-0.2, -0.15) is 0 Å². The third-order valence-corrected chi connectivity index (χ3v) is 8.94. The number of carbonyl (C=O) groups is 2. The van der Waals surface area contributed by atoms with E-state index in [1.807, 2.05) is 67.7 Å². The van der Waals surface area contributed by atoms with Crippen LogP contribution < -0.4 is 5.32 Å². The van der Waals surface area contributed by atoms with E-state index in [1.165, 1.54) is 11.8 Å². The van der Waals surface area contributed by atoms with Crippen LogP contribution in [0.15, 0.2) is 78.0 Å². The average molecular weight is 646 g/mol. The number of unbranched alkanes of at least 4 members (excludes halogenated alkanes) is 2. The smallest absolute Gasteiger partial charge is 0.303 e. The Bertz CT molecular complexity index is 1600. The van der Waals surface area contributed by atoms with E-state index in [0.29, 0.717) is 43.1 Å². The number of benzene rings is 3. The zero-order valence-corrected chi connectivity index (χ0v) is 26.6. The summed E-state index contributed by atoms with van der Waals surface area (Å²) in [5.41, 5.74) is 5.75. The van der Waals surface area contributed by atoms with Gasteiger partial charge in [-0.3, -0.25) is 9.59 Å². The molecule has 11 nitrogen and oxygen atoms in total. The molecule has 1 aromatic heterocycles. The van der Waals surface area contributed by atoms with E-state index in [9.17, 15) is 14.7 Å². The summed E-state index contributed by atoms with van der Waals surface area (Å²) < 4.78 is 14.7. The number of aliphatic hydroxyl groups is 1. The van der Waals surface area contributed by atoms with Gasteiger partial charge in [0.25, 0.3) is 0 Å². The van der Waals surface area contributed by atoms with Crippen molar-refractivity contribution in [2.24, 2.45) is 7.05 Å². The first-order chi connectivity index (χ1) is 22.4. The van der Waals surface area contributed by atoms with E-state index < -0.39 is 12.3 Å². The Morgan fingerprint density at radius 3 is 2.43 bits per heavy atom. The number of tetrazole rings is 1. The molecule has 0 bridgehead atoms. The number of aromatic nitrogens is 4. The minimum atomic E-state index is -0.807. The number of aryl methyl sites for hydroxylation is 1. The Labute approximate surface area is 272 Å². The Balaban J connectivity index is 1.26. The maximum Gasteiger partial charge on any atom is 0.303 e. The topological polar surface area (TPSA) is 149 Å². The molecule has 1 aliphatic heterocycles. The summed E-state index contributed by atoms with van der Waals surface area (Å²) >= 11 is 1.54. The zero-order valence-electron chi connectivity index (χ0n) is 25.7. The molecule has 1 fully saturated rings. The molecule has 3 N–H and O–H groups in total. The summed E-state index contributed by atoms with van der Waals surface area (Å²) in [4.78, 5) is 23.0. The summed E-state index contributed by atoms with van der Waals surface area (Å²) in [7, 11) is 1.81. The van der Waals surface area contributed by atoms with Gasteiger partial charge in [-0.1, -0.05) is 78.8 Å². The lowest BCUT2D eigenvalue weighted by atomic mass is 9.99. The second-order valence-electron chi connectivity index (χ2n) is 11.3. The first kappa shape index (κ1) is 33.3. The van der Waals surface area contributed by atoms with Crippen molar-refractivity contribution in [3.63, 3.8) is 0 Å².